The third-order valence-electron chi connectivity index (χ3n) is 2.81. The summed E-state index contributed by atoms with van der Waals surface area (Å²) >= 11 is 5.73. The largest absolute Gasteiger partial charge is 0.433 e. The second-order valence-corrected chi connectivity index (χ2v) is 6.40. The molecule has 1 aliphatic heterocycles. The Balaban J connectivity index is 2.17. The topological polar surface area (TPSA) is 67.4 Å². The Hall–Kier alpha value is -0.960. The lowest BCUT2D eigenvalue weighted by Crippen LogP contribution is -2.36. The van der Waals surface area contributed by atoms with Gasteiger partial charge >= 0.3 is 6.61 Å². The molecule has 20 heavy (non-hydrogen) atoms. The first-order chi connectivity index (χ1) is 9.38. The van der Waals surface area contributed by atoms with Crippen molar-refractivity contribution in [2.45, 2.75) is 24.0 Å². The minimum atomic E-state index is -3.73. The molecule has 1 fully saturated rings. The van der Waals surface area contributed by atoms with Crippen molar-refractivity contribution in [2.75, 3.05) is 13.1 Å². The summed E-state index contributed by atoms with van der Waals surface area (Å²) in [7, 11) is -3.73. The SMILES string of the molecule is O=S(=O)(N[C@H]1CCNC1)c1ccc(OC(F)F)c(Cl)c1. The molecule has 9 heteroatoms. The molecule has 0 saturated carbocycles. The van der Waals surface area contributed by atoms with Crippen LogP contribution < -0.4 is 14.8 Å². The summed E-state index contributed by atoms with van der Waals surface area (Å²) in [4.78, 5) is -0.0870. The van der Waals surface area contributed by atoms with Crippen LogP contribution in [0.3, 0.4) is 0 Å². The zero-order chi connectivity index (χ0) is 14.8. The van der Waals surface area contributed by atoms with Crippen LogP contribution in [0.1, 0.15) is 6.42 Å². The summed E-state index contributed by atoms with van der Waals surface area (Å²) < 4.78 is 55.0. The molecule has 1 heterocycles. The number of hydrogen-bond donors (Lipinski definition) is 2. The summed E-state index contributed by atoms with van der Waals surface area (Å²) in [5.41, 5.74) is 0. The van der Waals surface area contributed by atoms with E-state index in [4.69, 9.17) is 11.6 Å². The van der Waals surface area contributed by atoms with Crippen molar-refractivity contribution in [3.8, 4) is 5.75 Å². The number of rotatable bonds is 5. The lowest BCUT2D eigenvalue weighted by atomic mass is 10.3. The molecule has 0 spiro atoms. The molecular weight excluding hydrogens is 314 g/mol. The van der Waals surface area contributed by atoms with E-state index in [9.17, 15) is 17.2 Å². The van der Waals surface area contributed by atoms with Gasteiger partial charge in [-0.05, 0) is 31.2 Å². The molecule has 1 aromatic rings. The number of nitrogens with one attached hydrogen (secondary N) is 2. The van der Waals surface area contributed by atoms with E-state index in [1.807, 2.05) is 0 Å². The minimum Gasteiger partial charge on any atom is -0.433 e. The van der Waals surface area contributed by atoms with Gasteiger partial charge in [0.15, 0.2) is 0 Å². The summed E-state index contributed by atoms with van der Waals surface area (Å²) in [6.45, 7) is -1.72. The zero-order valence-corrected chi connectivity index (χ0v) is 11.8. The van der Waals surface area contributed by atoms with E-state index >= 15 is 0 Å². The Morgan fingerprint density at radius 1 is 1.45 bits per heavy atom. The lowest BCUT2D eigenvalue weighted by Gasteiger charge is -2.13. The van der Waals surface area contributed by atoms with Gasteiger partial charge in [-0.25, -0.2) is 13.1 Å². The van der Waals surface area contributed by atoms with E-state index in [0.29, 0.717) is 13.0 Å². The first-order valence-electron chi connectivity index (χ1n) is 5.86. The van der Waals surface area contributed by atoms with E-state index < -0.39 is 16.6 Å². The standard InChI is InChI=1S/C11H13ClF2N2O3S/c12-9-5-8(1-2-10(9)19-11(13)14)20(17,18)16-7-3-4-15-6-7/h1-2,5,7,11,15-16H,3-4,6H2/t7-/m0/s1. The van der Waals surface area contributed by atoms with Gasteiger partial charge in [-0.3, -0.25) is 0 Å². The number of alkyl halides is 2. The van der Waals surface area contributed by atoms with Crippen molar-refractivity contribution >= 4 is 21.6 Å². The van der Waals surface area contributed by atoms with Crippen LogP contribution in [0.25, 0.3) is 0 Å². The predicted molar refractivity (Wildman–Crippen MR) is 69.7 cm³/mol. The van der Waals surface area contributed by atoms with Crippen molar-refractivity contribution in [1.29, 1.82) is 0 Å². The van der Waals surface area contributed by atoms with E-state index in [1.54, 1.807) is 0 Å². The summed E-state index contributed by atoms with van der Waals surface area (Å²) in [5, 5.41) is 2.85. The highest BCUT2D eigenvalue weighted by molar-refractivity contribution is 7.89. The fourth-order valence-corrected chi connectivity index (χ4v) is 3.47. The monoisotopic (exact) mass is 326 g/mol. The van der Waals surface area contributed by atoms with Gasteiger partial charge < -0.3 is 10.1 Å². The van der Waals surface area contributed by atoms with Crippen LogP contribution in [0, 0.1) is 0 Å². The third kappa shape index (κ3) is 3.78. The van der Waals surface area contributed by atoms with E-state index in [0.717, 1.165) is 18.7 Å². The minimum absolute atomic E-state index is 0.0870. The van der Waals surface area contributed by atoms with Gasteiger partial charge in [-0.1, -0.05) is 11.6 Å². The Labute approximate surface area is 120 Å². The average molecular weight is 327 g/mol. The van der Waals surface area contributed by atoms with E-state index in [2.05, 4.69) is 14.8 Å². The average Bonchev–Trinajstić information content (AvgIpc) is 2.83. The smallest absolute Gasteiger partial charge is 0.387 e. The highest BCUT2D eigenvalue weighted by Crippen LogP contribution is 2.28. The van der Waals surface area contributed by atoms with Crippen LogP contribution in [-0.4, -0.2) is 34.2 Å². The Morgan fingerprint density at radius 3 is 2.75 bits per heavy atom. The molecule has 1 atom stereocenters. The fraction of sp³-hybridized carbons (Fsp3) is 0.455. The molecule has 2 N–H and O–H groups in total. The second kappa shape index (κ2) is 6.21. The molecule has 112 valence electrons. The molecule has 5 nitrogen and oxygen atoms in total. The molecule has 0 aliphatic carbocycles. The third-order valence-corrected chi connectivity index (χ3v) is 4.63. The number of hydrogen-bond acceptors (Lipinski definition) is 4. The maximum Gasteiger partial charge on any atom is 0.387 e. The lowest BCUT2D eigenvalue weighted by molar-refractivity contribution is -0.0498. The van der Waals surface area contributed by atoms with Crippen molar-refractivity contribution < 1.29 is 21.9 Å². The number of benzene rings is 1. The molecule has 0 bridgehead atoms. The van der Waals surface area contributed by atoms with Gasteiger partial charge in [0.2, 0.25) is 10.0 Å². The Kier molecular flexibility index (Phi) is 4.79. The summed E-state index contributed by atoms with van der Waals surface area (Å²) in [5.74, 6) is -0.261. The van der Waals surface area contributed by atoms with Crippen molar-refractivity contribution in [2.24, 2.45) is 0 Å². The van der Waals surface area contributed by atoms with Gasteiger partial charge in [0.1, 0.15) is 5.75 Å². The maximum atomic E-state index is 12.1. The van der Waals surface area contributed by atoms with Crippen LogP contribution in [0.4, 0.5) is 8.78 Å². The Morgan fingerprint density at radius 2 is 2.20 bits per heavy atom. The second-order valence-electron chi connectivity index (χ2n) is 4.28. The van der Waals surface area contributed by atoms with E-state index in [1.165, 1.54) is 6.07 Å². The van der Waals surface area contributed by atoms with Gasteiger partial charge in [0, 0.05) is 12.6 Å². The molecule has 1 aromatic carbocycles. The number of halogens is 3. The molecule has 0 amide bonds. The molecule has 0 aromatic heterocycles. The molecule has 1 aliphatic rings. The van der Waals surface area contributed by atoms with Gasteiger partial charge in [-0.15, -0.1) is 0 Å². The quantitative estimate of drug-likeness (QED) is 0.862. The van der Waals surface area contributed by atoms with Crippen LogP contribution in [0.2, 0.25) is 5.02 Å². The van der Waals surface area contributed by atoms with Crippen LogP contribution in [-0.2, 0) is 10.0 Å². The Bertz CT molecular complexity index is 577. The highest BCUT2D eigenvalue weighted by atomic mass is 35.5. The maximum absolute atomic E-state index is 12.1. The first kappa shape index (κ1) is 15.4. The van der Waals surface area contributed by atoms with Crippen molar-refractivity contribution in [1.82, 2.24) is 10.0 Å². The van der Waals surface area contributed by atoms with Gasteiger partial charge in [-0.2, -0.15) is 8.78 Å². The highest BCUT2D eigenvalue weighted by Gasteiger charge is 2.23. The van der Waals surface area contributed by atoms with Crippen LogP contribution in [0.15, 0.2) is 23.1 Å². The first-order valence-corrected chi connectivity index (χ1v) is 7.72. The fourth-order valence-electron chi connectivity index (χ4n) is 1.88. The normalized spacial score (nSPS) is 19.5. The zero-order valence-electron chi connectivity index (χ0n) is 10.3. The molecule has 2 rings (SSSR count). The van der Waals surface area contributed by atoms with Crippen LogP contribution >= 0.6 is 11.6 Å². The van der Waals surface area contributed by atoms with E-state index in [-0.39, 0.29) is 21.7 Å². The number of ether oxygens (including phenoxy) is 1. The summed E-state index contributed by atoms with van der Waals surface area (Å²) in [6.07, 6.45) is 0.694. The molecular formula is C11H13ClF2N2O3S. The molecule has 1 saturated heterocycles. The van der Waals surface area contributed by atoms with Crippen LogP contribution in [0.5, 0.6) is 5.75 Å². The van der Waals surface area contributed by atoms with Crippen molar-refractivity contribution in [3.63, 3.8) is 0 Å². The van der Waals surface area contributed by atoms with Gasteiger partial charge in [0.05, 0.1) is 9.92 Å². The number of sulfonamides is 1. The van der Waals surface area contributed by atoms with Crippen molar-refractivity contribution in [3.05, 3.63) is 23.2 Å². The molecule has 0 radical (unpaired) electrons. The van der Waals surface area contributed by atoms with Gasteiger partial charge in [0.25, 0.3) is 0 Å². The summed E-state index contributed by atoms with van der Waals surface area (Å²) in [6, 6.07) is 3.18. The predicted octanol–water partition coefficient (Wildman–Crippen LogP) is 1.58. The molecule has 0 unspecified atom stereocenters.